The van der Waals surface area contributed by atoms with Gasteiger partial charge in [-0.25, -0.2) is 0 Å². The molecule has 0 unspecified atom stereocenters. The summed E-state index contributed by atoms with van der Waals surface area (Å²) in [5.41, 5.74) is 0.762. The fourth-order valence-corrected chi connectivity index (χ4v) is 2.84. The number of rotatable bonds is 3. The minimum absolute atomic E-state index is 0.0260. The zero-order chi connectivity index (χ0) is 16.9. The van der Waals surface area contributed by atoms with Crippen LogP contribution in [0.25, 0.3) is 0 Å². The van der Waals surface area contributed by atoms with Gasteiger partial charge in [-0.05, 0) is 37.1 Å². The van der Waals surface area contributed by atoms with E-state index in [9.17, 15) is 9.59 Å². The van der Waals surface area contributed by atoms with Gasteiger partial charge in [0.1, 0.15) is 6.54 Å². The summed E-state index contributed by atoms with van der Waals surface area (Å²) in [6.07, 6.45) is 4.20. The van der Waals surface area contributed by atoms with Crippen LogP contribution in [-0.2, 0) is 11.3 Å². The van der Waals surface area contributed by atoms with Crippen LogP contribution in [0, 0.1) is 6.92 Å². The highest BCUT2D eigenvalue weighted by atomic mass is 16.2. The van der Waals surface area contributed by atoms with Crippen LogP contribution in [0.1, 0.15) is 12.0 Å². The van der Waals surface area contributed by atoms with Crippen molar-refractivity contribution < 1.29 is 4.79 Å². The van der Waals surface area contributed by atoms with Gasteiger partial charge in [-0.3, -0.25) is 9.59 Å². The minimum Gasteiger partial charge on any atom is -0.353 e. The van der Waals surface area contributed by atoms with Crippen molar-refractivity contribution in [3.05, 3.63) is 52.6 Å². The lowest BCUT2D eigenvalue weighted by atomic mass is 10.3. The van der Waals surface area contributed by atoms with Gasteiger partial charge in [-0.2, -0.15) is 5.10 Å². The average Bonchev–Trinajstić information content (AvgIpc) is 2.84. The van der Waals surface area contributed by atoms with E-state index < -0.39 is 0 Å². The van der Waals surface area contributed by atoms with E-state index >= 15 is 0 Å². The van der Waals surface area contributed by atoms with Crippen LogP contribution in [0.2, 0.25) is 0 Å². The van der Waals surface area contributed by atoms with Crippen LogP contribution in [0.3, 0.4) is 0 Å². The molecule has 3 heterocycles. The zero-order valence-electron chi connectivity index (χ0n) is 13.8. The van der Waals surface area contributed by atoms with Gasteiger partial charge in [0.25, 0.3) is 5.56 Å². The maximum Gasteiger partial charge on any atom is 0.251 e. The van der Waals surface area contributed by atoms with Crippen molar-refractivity contribution in [2.75, 3.05) is 31.1 Å². The van der Waals surface area contributed by atoms with E-state index in [1.165, 1.54) is 4.57 Å². The summed E-state index contributed by atoms with van der Waals surface area (Å²) in [6.45, 7) is 4.82. The van der Waals surface area contributed by atoms with E-state index in [1.54, 1.807) is 18.5 Å². The first-order valence-electron chi connectivity index (χ1n) is 8.11. The van der Waals surface area contributed by atoms with Gasteiger partial charge in [-0.15, -0.1) is 5.10 Å². The van der Waals surface area contributed by atoms with Gasteiger partial charge in [0, 0.05) is 44.6 Å². The number of anilines is 1. The SMILES string of the molecule is Cc1ccn(CC(=O)N2CCCN(c3cccnn3)CC2)c(=O)c1. The summed E-state index contributed by atoms with van der Waals surface area (Å²) < 4.78 is 1.46. The van der Waals surface area contributed by atoms with Crippen LogP contribution in [-0.4, -0.2) is 51.8 Å². The lowest BCUT2D eigenvalue weighted by Crippen LogP contribution is -2.39. The summed E-state index contributed by atoms with van der Waals surface area (Å²) in [6, 6.07) is 7.18. The van der Waals surface area contributed by atoms with Crippen molar-refractivity contribution >= 4 is 11.7 Å². The summed E-state index contributed by atoms with van der Waals surface area (Å²) >= 11 is 0. The second-order valence-corrected chi connectivity index (χ2v) is 5.97. The molecule has 24 heavy (non-hydrogen) atoms. The second kappa shape index (κ2) is 7.25. The van der Waals surface area contributed by atoms with E-state index in [2.05, 4.69) is 15.1 Å². The molecule has 1 fully saturated rings. The first-order valence-corrected chi connectivity index (χ1v) is 8.11. The maximum atomic E-state index is 12.5. The Hall–Kier alpha value is -2.70. The Morgan fingerprint density at radius 1 is 1.21 bits per heavy atom. The largest absolute Gasteiger partial charge is 0.353 e. The van der Waals surface area contributed by atoms with Crippen LogP contribution < -0.4 is 10.5 Å². The fraction of sp³-hybridized carbons (Fsp3) is 0.412. The van der Waals surface area contributed by atoms with Crippen molar-refractivity contribution in [1.82, 2.24) is 19.7 Å². The van der Waals surface area contributed by atoms with E-state index in [0.717, 1.165) is 24.3 Å². The number of aryl methyl sites for hydroxylation is 1. The van der Waals surface area contributed by atoms with Gasteiger partial charge in [0.15, 0.2) is 5.82 Å². The highest BCUT2D eigenvalue weighted by molar-refractivity contribution is 5.76. The molecule has 7 heteroatoms. The molecule has 126 valence electrons. The molecule has 1 saturated heterocycles. The van der Waals surface area contributed by atoms with Crippen molar-refractivity contribution in [3.8, 4) is 0 Å². The van der Waals surface area contributed by atoms with Crippen molar-refractivity contribution in [2.45, 2.75) is 19.9 Å². The number of hydrogen-bond donors (Lipinski definition) is 0. The number of nitrogens with zero attached hydrogens (tertiary/aromatic N) is 5. The lowest BCUT2D eigenvalue weighted by molar-refractivity contribution is -0.131. The number of amides is 1. The van der Waals surface area contributed by atoms with E-state index in [0.29, 0.717) is 19.6 Å². The highest BCUT2D eigenvalue weighted by Gasteiger charge is 2.20. The molecular weight excluding hydrogens is 306 g/mol. The van der Waals surface area contributed by atoms with Crippen LogP contribution >= 0.6 is 0 Å². The molecule has 0 bridgehead atoms. The first kappa shape index (κ1) is 16.2. The van der Waals surface area contributed by atoms with Crippen LogP contribution in [0.4, 0.5) is 5.82 Å². The van der Waals surface area contributed by atoms with E-state index in [-0.39, 0.29) is 18.0 Å². The van der Waals surface area contributed by atoms with E-state index in [4.69, 9.17) is 0 Å². The average molecular weight is 327 g/mol. The molecule has 3 rings (SSSR count). The Labute approximate surface area is 140 Å². The fourth-order valence-electron chi connectivity index (χ4n) is 2.84. The van der Waals surface area contributed by atoms with Gasteiger partial charge < -0.3 is 14.4 Å². The summed E-state index contributed by atoms with van der Waals surface area (Å²) in [7, 11) is 0. The van der Waals surface area contributed by atoms with Gasteiger partial charge in [-0.1, -0.05) is 0 Å². The molecule has 7 nitrogen and oxygen atoms in total. The molecule has 1 aliphatic rings. The standard InChI is InChI=1S/C17H21N5O2/c1-14-5-9-22(16(23)12-14)13-17(24)21-8-3-7-20(10-11-21)15-4-2-6-18-19-15/h2,4-6,9,12H,3,7-8,10-11,13H2,1H3. The molecule has 0 spiro atoms. The van der Waals surface area contributed by atoms with Crippen molar-refractivity contribution in [2.24, 2.45) is 0 Å². The number of hydrogen-bond acceptors (Lipinski definition) is 5. The molecular formula is C17H21N5O2. The monoisotopic (exact) mass is 327 g/mol. The summed E-state index contributed by atoms with van der Waals surface area (Å²) in [5.74, 6) is 0.809. The molecule has 0 saturated carbocycles. The van der Waals surface area contributed by atoms with E-state index in [1.807, 2.05) is 30.0 Å². The molecule has 2 aromatic heterocycles. The Morgan fingerprint density at radius 3 is 2.83 bits per heavy atom. The molecule has 0 aliphatic carbocycles. The number of pyridine rings is 1. The Kier molecular flexibility index (Phi) is 4.88. The topological polar surface area (TPSA) is 71.3 Å². The smallest absolute Gasteiger partial charge is 0.251 e. The Balaban J connectivity index is 1.63. The maximum absolute atomic E-state index is 12.5. The van der Waals surface area contributed by atoms with Gasteiger partial charge in [0.2, 0.25) is 5.91 Å². The third-order valence-corrected chi connectivity index (χ3v) is 4.19. The molecule has 0 aromatic carbocycles. The molecule has 2 aromatic rings. The molecule has 0 radical (unpaired) electrons. The molecule has 0 atom stereocenters. The third kappa shape index (κ3) is 3.79. The van der Waals surface area contributed by atoms with Gasteiger partial charge in [0.05, 0.1) is 0 Å². The van der Waals surface area contributed by atoms with Crippen molar-refractivity contribution in [3.63, 3.8) is 0 Å². The second-order valence-electron chi connectivity index (χ2n) is 5.97. The Bertz CT molecular complexity index is 759. The number of carbonyl (C=O) groups excluding carboxylic acids is 1. The first-order chi connectivity index (χ1) is 11.6. The predicted octanol–water partition coefficient (Wildman–Crippen LogP) is 0.686. The summed E-state index contributed by atoms with van der Waals surface area (Å²) in [5, 5.41) is 8.04. The number of carbonyl (C=O) groups is 1. The quantitative estimate of drug-likeness (QED) is 0.829. The van der Waals surface area contributed by atoms with Crippen molar-refractivity contribution in [1.29, 1.82) is 0 Å². The number of aromatic nitrogens is 3. The third-order valence-electron chi connectivity index (χ3n) is 4.19. The van der Waals surface area contributed by atoms with Crippen LogP contribution in [0.15, 0.2) is 41.5 Å². The minimum atomic E-state index is -0.139. The summed E-state index contributed by atoms with van der Waals surface area (Å²) in [4.78, 5) is 28.4. The molecule has 1 aliphatic heterocycles. The lowest BCUT2D eigenvalue weighted by Gasteiger charge is -2.22. The van der Waals surface area contributed by atoms with Crippen LogP contribution in [0.5, 0.6) is 0 Å². The highest BCUT2D eigenvalue weighted by Crippen LogP contribution is 2.12. The zero-order valence-corrected chi connectivity index (χ0v) is 13.8. The Morgan fingerprint density at radius 2 is 2.08 bits per heavy atom. The normalized spacial score (nSPS) is 15.2. The molecule has 0 N–H and O–H groups in total. The molecule has 1 amide bonds. The van der Waals surface area contributed by atoms with Gasteiger partial charge >= 0.3 is 0 Å². The predicted molar refractivity (Wildman–Crippen MR) is 90.9 cm³/mol.